The molecule has 0 radical (unpaired) electrons. The van der Waals surface area contributed by atoms with Gasteiger partial charge in [-0.1, -0.05) is 12.1 Å². The molecule has 2 aromatic rings. The van der Waals surface area contributed by atoms with E-state index in [9.17, 15) is 9.18 Å². The summed E-state index contributed by atoms with van der Waals surface area (Å²) < 4.78 is 13.6. The maximum Gasteiger partial charge on any atom is 0.273 e. The lowest BCUT2D eigenvalue weighted by Crippen LogP contribution is -2.49. The van der Waals surface area contributed by atoms with Gasteiger partial charge in [-0.15, -0.1) is 0 Å². The van der Waals surface area contributed by atoms with Crippen LogP contribution < -0.4 is 10.2 Å². The number of halogens is 1. The first-order valence-electron chi connectivity index (χ1n) is 9.07. The zero-order chi connectivity index (χ0) is 17.9. The minimum atomic E-state index is -0.293. The number of piperazine rings is 1. The molecular weight excluding hydrogens is 333 g/mol. The quantitative estimate of drug-likeness (QED) is 0.913. The highest BCUT2D eigenvalue weighted by Crippen LogP contribution is 2.25. The SMILES string of the molecule is O=C(c1ccnc(N2CCCC2)n1)N1CCNCC1c1cccc(F)c1. The topological polar surface area (TPSA) is 61.4 Å². The van der Waals surface area contributed by atoms with Crippen LogP contribution >= 0.6 is 0 Å². The molecule has 26 heavy (non-hydrogen) atoms. The predicted octanol–water partition coefficient (Wildman–Crippen LogP) is 2.00. The molecule has 3 heterocycles. The van der Waals surface area contributed by atoms with Gasteiger partial charge in [0.05, 0.1) is 6.04 Å². The van der Waals surface area contributed by atoms with Crippen LogP contribution in [0.5, 0.6) is 0 Å². The highest BCUT2D eigenvalue weighted by Gasteiger charge is 2.30. The second-order valence-corrected chi connectivity index (χ2v) is 6.71. The summed E-state index contributed by atoms with van der Waals surface area (Å²) in [7, 11) is 0. The van der Waals surface area contributed by atoms with E-state index in [1.165, 1.54) is 12.1 Å². The van der Waals surface area contributed by atoms with E-state index in [2.05, 4.69) is 20.2 Å². The normalized spacial score (nSPS) is 20.4. The first kappa shape index (κ1) is 16.9. The van der Waals surface area contributed by atoms with E-state index in [1.54, 1.807) is 23.2 Å². The van der Waals surface area contributed by atoms with E-state index in [4.69, 9.17) is 0 Å². The summed E-state index contributed by atoms with van der Waals surface area (Å²) in [6.07, 6.45) is 3.90. The van der Waals surface area contributed by atoms with Crippen LogP contribution in [0.3, 0.4) is 0 Å². The first-order chi connectivity index (χ1) is 12.7. The molecule has 2 saturated heterocycles. The van der Waals surface area contributed by atoms with Gasteiger partial charge in [0, 0.05) is 38.9 Å². The Morgan fingerprint density at radius 2 is 2.04 bits per heavy atom. The molecule has 1 atom stereocenters. The van der Waals surface area contributed by atoms with Crippen LogP contribution in [0.25, 0.3) is 0 Å². The van der Waals surface area contributed by atoms with E-state index >= 15 is 0 Å². The van der Waals surface area contributed by atoms with Crippen molar-refractivity contribution in [2.45, 2.75) is 18.9 Å². The van der Waals surface area contributed by atoms with Crippen LogP contribution in [0, 0.1) is 5.82 Å². The fourth-order valence-electron chi connectivity index (χ4n) is 3.64. The molecule has 0 bridgehead atoms. The summed E-state index contributed by atoms with van der Waals surface area (Å²) >= 11 is 0. The third-order valence-corrected chi connectivity index (χ3v) is 4.99. The zero-order valence-electron chi connectivity index (χ0n) is 14.6. The Morgan fingerprint density at radius 1 is 1.19 bits per heavy atom. The average Bonchev–Trinajstić information content (AvgIpc) is 3.22. The fourth-order valence-corrected chi connectivity index (χ4v) is 3.64. The van der Waals surface area contributed by atoms with E-state index in [0.29, 0.717) is 31.3 Å². The molecule has 2 aliphatic rings. The minimum Gasteiger partial charge on any atom is -0.341 e. The summed E-state index contributed by atoms with van der Waals surface area (Å²) in [6.45, 7) is 3.72. The number of carbonyl (C=O) groups excluding carboxylic acids is 1. The Hall–Kier alpha value is -2.54. The largest absolute Gasteiger partial charge is 0.341 e. The van der Waals surface area contributed by atoms with Crippen molar-refractivity contribution in [2.24, 2.45) is 0 Å². The molecule has 136 valence electrons. The number of amides is 1. The Morgan fingerprint density at radius 3 is 2.85 bits per heavy atom. The van der Waals surface area contributed by atoms with Crippen LogP contribution in [-0.2, 0) is 0 Å². The van der Waals surface area contributed by atoms with Gasteiger partial charge in [-0.2, -0.15) is 0 Å². The Labute approximate surface area is 152 Å². The molecule has 0 spiro atoms. The van der Waals surface area contributed by atoms with Gasteiger partial charge in [0.2, 0.25) is 5.95 Å². The van der Waals surface area contributed by atoms with Gasteiger partial charge in [-0.05, 0) is 36.6 Å². The van der Waals surface area contributed by atoms with E-state index in [-0.39, 0.29) is 17.8 Å². The second-order valence-electron chi connectivity index (χ2n) is 6.71. The summed E-state index contributed by atoms with van der Waals surface area (Å²) in [5.74, 6) is 0.188. The van der Waals surface area contributed by atoms with Crippen LogP contribution in [0.2, 0.25) is 0 Å². The number of nitrogens with one attached hydrogen (secondary N) is 1. The van der Waals surface area contributed by atoms with Crippen LogP contribution in [0.1, 0.15) is 34.9 Å². The molecule has 0 saturated carbocycles. The van der Waals surface area contributed by atoms with E-state index < -0.39 is 0 Å². The van der Waals surface area contributed by atoms with Crippen molar-refractivity contribution in [1.29, 1.82) is 0 Å². The number of hydrogen-bond donors (Lipinski definition) is 1. The van der Waals surface area contributed by atoms with Crippen molar-refractivity contribution in [1.82, 2.24) is 20.2 Å². The molecule has 2 aliphatic heterocycles. The minimum absolute atomic E-state index is 0.136. The Kier molecular flexibility index (Phi) is 4.79. The van der Waals surface area contributed by atoms with E-state index in [1.807, 2.05) is 6.07 Å². The van der Waals surface area contributed by atoms with E-state index in [0.717, 1.165) is 31.5 Å². The van der Waals surface area contributed by atoms with Gasteiger partial charge in [-0.25, -0.2) is 14.4 Å². The molecule has 1 unspecified atom stereocenters. The molecular formula is C19H22FN5O. The lowest BCUT2D eigenvalue weighted by atomic mass is 10.0. The van der Waals surface area contributed by atoms with Crippen LogP contribution in [0.15, 0.2) is 36.5 Å². The molecule has 6 nitrogen and oxygen atoms in total. The maximum absolute atomic E-state index is 13.6. The third kappa shape index (κ3) is 3.39. The Balaban J connectivity index is 1.60. The molecule has 1 N–H and O–H groups in total. The predicted molar refractivity (Wildman–Crippen MR) is 96.5 cm³/mol. The zero-order valence-corrected chi connectivity index (χ0v) is 14.6. The summed E-state index contributed by atoms with van der Waals surface area (Å²) in [6, 6.07) is 7.89. The standard InChI is InChI=1S/C19H22FN5O/c20-15-5-3-4-14(12-15)17-13-21-8-11-25(17)18(26)16-6-7-22-19(23-16)24-9-1-2-10-24/h3-7,12,17,21H,1-2,8-11,13H2. The van der Waals surface area contributed by atoms with Crippen molar-refractivity contribution in [3.63, 3.8) is 0 Å². The molecule has 1 amide bonds. The smallest absolute Gasteiger partial charge is 0.273 e. The number of rotatable bonds is 3. The highest BCUT2D eigenvalue weighted by atomic mass is 19.1. The van der Waals surface area contributed by atoms with Crippen LogP contribution in [-0.4, -0.2) is 53.5 Å². The lowest BCUT2D eigenvalue weighted by Gasteiger charge is -2.36. The summed E-state index contributed by atoms with van der Waals surface area (Å²) in [5.41, 5.74) is 1.18. The number of benzene rings is 1. The summed E-state index contributed by atoms with van der Waals surface area (Å²) in [4.78, 5) is 25.8. The molecule has 7 heteroatoms. The third-order valence-electron chi connectivity index (χ3n) is 4.99. The molecule has 1 aromatic carbocycles. The number of hydrogen-bond acceptors (Lipinski definition) is 5. The van der Waals surface area contributed by atoms with Gasteiger partial charge >= 0.3 is 0 Å². The number of nitrogens with zero attached hydrogens (tertiary/aromatic N) is 4. The Bertz CT molecular complexity index is 793. The summed E-state index contributed by atoms with van der Waals surface area (Å²) in [5, 5.41) is 3.29. The maximum atomic E-state index is 13.6. The molecule has 4 rings (SSSR count). The molecule has 1 aromatic heterocycles. The van der Waals surface area contributed by atoms with Crippen molar-refractivity contribution in [3.05, 3.63) is 53.6 Å². The van der Waals surface area contributed by atoms with Crippen molar-refractivity contribution in [3.8, 4) is 0 Å². The first-order valence-corrected chi connectivity index (χ1v) is 9.07. The monoisotopic (exact) mass is 355 g/mol. The van der Waals surface area contributed by atoms with Gasteiger partial charge in [0.1, 0.15) is 11.5 Å². The van der Waals surface area contributed by atoms with Crippen molar-refractivity contribution < 1.29 is 9.18 Å². The fraction of sp³-hybridized carbons (Fsp3) is 0.421. The number of anilines is 1. The highest BCUT2D eigenvalue weighted by molar-refractivity contribution is 5.93. The van der Waals surface area contributed by atoms with Crippen molar-refractivity contribution >= 4 is 11.9 Å². The van der Waals surface area contributed by atoms with Gasteiger partial charge < -0.3 is 15.1 Å². The molecule has 0 aliphatic carbocycles. The van der Waals surface area contributed by atoms with Gasteiger partial charge in [-0.3, -0.25) is 4.79 Å². The van der Waals surface area contributed by atoms with Gasteiger partial charge in [0.25, 0.3) is 5.91 Å². The van der Waals surface area contributed by atoms with Gasteiger partial charge in [0.15, 0.2) is 0 Å². The van der Waals surface area contributed by atoms with Crippen LogP contribution in [0.4, 0.5) is 10.3 Å². The average molecular weight is 355 g/mol. The number of carbonyl (C=O) groups is 1. The lowest BCUT2D eigenvalue weighted by molar-refractivity contribution is 0.0627. The molecule has 2 fully saturated rings. The second kappa shape index (κ2) is 7.37. The van der Waals surface area contributed by atoms with Crippen molar-refractivity contribution in [2.75, 3.05) is 37.6 Å². The number of aromatic nitrogens is 2.